The van der Waals surface area contributed by atoms with Crippen LogP contribution in [0.3, 0.4) is 0 Å². The van der Waals surface area contributed by atoms with Gasteiger partial charge in [0.1, 0.15) is 11.5 Å². The summed E-state index contributed by atoms with van der Waals surface area (Å²) in [6.45, 7) is 0. The first kappa shape index (κ1) is 18.9. The molecule has 2 aromatic carbocycles. The van der Waals surface area contributed by atoms with Crippen molar-refractivity contribution in [3.8, 4) is 11.5 Å². The van der Waals surface area contributed by atoms with Gasteiger partial charge in [-0.25, -0.2) is 5.43 Å². The lowest BCUT2D eigenvalue weighted by atomic mass is 10.2. The summed E-state index contributed by atoms with van der Waals surface area (Å²) in [7, 11) is 3.17. The number of aryl methyl sites for hydroxylation is 1. The molecule has 0 atom stereocenters. The van der Waals surface area contributed by atoms with Crippen molar-refractivity contribution in [1.29, 1.82) is 0 Å². The van der Waals surface area contributed by atoms with Crippen molar-refractivity contribution in [2.45, 2.75) is 6.42 Å². The second-order valence-corrected chi connectivity index (χ2v) is 6.29. The van der Waals surface area contributed by atoms with Gasteiger partial charge in [-0.3, -0.25) is 4.79 Å². The third-order valence-electron chi connectivity index (χ3n) is 3.44. The molecule has 5 nitrogen and oxygen atoms in total. The smallest absolute Gasteiger partial charge is 0.250 e. The first-order chi connectivity index (χ1) is 12.2. The molecule has 25 heavy (non-hydrogen) atoms. The number of nitrogens with one attached hydrogen (secondary N) is 1. The number of methoxy groups -OCH3 is 2. The van der Waals surface area contributed by atoms with Crippen LogP contribution >= 0.6 is 11.8 Å². The number of hydrazone groups is 1. The molecular formula is C19H22N2O3S. The molecule has 0 aliphatic rings. The van der Waals surface area contributed by atoms with E-state index < -0.39 is 0 Å². The van der Waals surface area contributed by atoms with Gasteiger partial charge in [0.25, 0.3) is 0 Å². The number of nitrogens with zero attached hydrogens (tertiary/aromatic N) is 1. The van der Waals surface area contributed by atoms with Crippen molar-refractivity contribution in [3.05, 3.63) is 59.7 Å². The van der Waals surface area contributed by atoms with E-state index in [4.69, 9.17) is 9.47 Å². The lowest BCUT2D eigenvalue weighted by Crippen LogP contribution is -2.20. The minimum absolute atomic E-state index is 0.123. The second kappa shape index (κ2) is 10.4. The van der Waals surface area contributed by atoms with E-state index in [0.717, 1.165) is 17.7 Å². The Morgan fingerprint density at radius 3 is 2.68 bits per heavy atom. The third kappa shape index (κ3) is 6.51. The summed E-state index contributed by atoms with van der Waals surface area (Å²) in [4.78, 5) is 11.8. The van der Waals surface area contributed by atoms with Crippen LogP contribution in [0, 0.1) is 0 Å². The first-order valence-corrected chi connectivity index (χ1v) is 9.04. The van der Waals surface area contributed by atoms with Gasteiger partial charge in [-0.15, -0.1) is 0 Å². The predicted octanol–water partition coefficient (Wildman–Crippen LogP) is 3.13. The number of carbonyl (C=O) groups is 1. The molecule has 0 heterocycles. The van der Waals surface area contributed by atoms with E-state index in [9.17, 15) is 4.79 Å². The largest absolute Gasteiger partial charge is 0.497 e. The van der Waals surface area contributed by atoms with Gasteiger partial charge in [-0.2, -0.15) is 16.9 Å². The predicted molar refractivity (Wildman–Crippen MR) is 103 cm³/mol. The normalized spacial score (nSPS) is 10.6. The van der Waals surface area contributed by atoms with Crippen molar-refractivity contribution < 1.29 is 14.3 Å². The Labute approximate surface area is 152 Å². The summed E-state index contributed by atoms with van der Waals surface area (Å²) in [5, 5.41) is 3.98. The van der Waals surface area contributed by atoms with E-state index in [1.807, 2.05) is 30.3 Å². The maximum absolute atomic E-state index is 11.8. The quantitative estimate of drug-likeness (QED) is 0.425. The molecule has 0 radical (unpaired) electrons. The van der Waals surface area contributed by atoms with Crippen molar-refractivity contribution >= 4 is 23.9 Å². The molecule has 2 aromatic rings. The topological polar surface area (TPSA) is 59.9 Å². The van der Waals surface area contributed by atoms with E-state index in [1.54, 1.807) is 38.3 Å². The van der Waals surface area contributed by atoms with Gasteiger partial charge in [0.2, 0.25) is 5.91 Å². The van der Waals surface area contributed by atoms with Gasteiger partial charge in [-0.1, -0.05) is 30.3 Å². The first-order valence-electron chi connectivity index (χ1n) is 7.88. The highest BCUT2D eigenvalue weighted by Gasteiger charge is 2.04. The second-order valence-electron chi connectivity index (χ2n) is 5.19. The van der Waals surface area contributed by atoms with Crippen LogP contribution in [-0.4, -0.2) is 37.8 Å². The van der Waals surface area contributed by atoms with Crippen LogP contribution in [-0.2, 0) is 11.2 Å². The summed E-state index contributed by atoms with van der Waals surface area (Å²) in [5.74, 6) is 2.49. The van der Waals surface area contributed by atoms with Crippen molar-refractivity contribution in [3.63, 3.8) is 0 Å². The molecule has 0 bridgehead atoms. The zero-order valence-corrected chi connectivity index (χ0v) is 15.2. The Morgan fingerprint density at radius 1 is 1.16 bits per heavy atom. The van der Waals surface area contributed by atoms with Gasteiger partial charge in [-0.05, 0) is 29.9 Å². The number of carbonyl (C=O) groups excluding carboxylic acids is 1. The fourth-order valence-electron chi connectivity index (χ4n) is 2.13. The summed E-state index contributed by atoms with van der Waals surface area (Å²) < 4.78 is 10.4. The number of hydrogen-bond donors (Lipinski definition) is 1. The van der Waals surface area contributed by atoms with Gasteiger partial charge in [0, 0.05) is 11.6 Å². The SMILES string of the molecule is COc1ccc(C=NNC(=O)CSCCc2ccccc2)c(OC)c1. The van der Waals surface area contributed by atoms with Crippen molar-refractivity contribution in [2.75, 3.05) is 25.7 Å². The van der Waals surface area contributed by atoms with Gasteiger partial charge < -0.3 is 9.47 Å². The fraction of sp³-hybridized carbons (Fsp3) is 0.263. The number of benzene rings is 2. The Hall–Kier alpha value is -2.47. The van der Waals surface area contributed by atoms with Crippen LogP contribution in [0.2, 0.25) is 0 Å². The zero-order valence-electron chi connectivity index (χ0n) is 14.4. The highest BCUT2D eigenvalue weighted by molar-refractivity contribution is 7.99. The Bertz CT molecular complexity index is 705. The summed E-state index contributed by atoms with van der Waals surface area (Å²) in [6.07, 6.45) is 2.51. The number of ether oxygens (including phenoxy) is 2. The molecule has 0 fully saturated rings. The van der Waals surface area contributed by atoms with E-state index in [2.05, 4.69) is 22.7 Å². The number of thioether (sulfide) groups is 1. The Kier molecular flexibility index (Phi) is 7.85. The highest BCUT2D eigenvalue weighted by Crippen LogP contribution is 2.22. The van der Waals surface area contributed by atoms with E-state index >= 15 is 0 Å². The lowest BCUT2D eigenvalue weighted by Gasteiger charge is -2.07. The lowest BCUT2D eigenvalue weighted by molar-refractivity contribution is -0.118. The fourth-order valence-corrected chi connectivity index (χ4v) is 2.91. The van der Waals surface area contributed by atoms with Crippen LogP contribution < -0.4 is 14.9 Å². The van der Waals surface area contributed by atoms with Crippen LogP contribution in [0.5, 0.6) is 11.5 Å². The van der Waals surface area contributed by atoms with E-state index in [1.165, 1.54) is 5.56 Å². The molecule has 0 aliphatic carbocycles. The average Bonchev–Trinajstić information content (AvgIpc) is 2.66. The molecule has 0 spiro atoms. The Morgan fingerprint density at radius 2 is 1.96 bits per heavy atom. The molecule has 1 amide bonds. The number of rotatable bonds is 9. The zero-order chi connectivity index (χ0) is 17.9. The minimum Gasteiger partial charge on any atom is -0.497 e. The van der Waals surface area contributed by atoms with Crippen molar-refractivity contribution in [2.24, 2.45) is 5.10 Å². The van der Waals surface area contributed by atoms with Gasteiger partial charge in [0.05, 0.1) is 26.2 Å². The minimum atomic E-state index is -0.123. The molecule has 132 valence electrons. The molecule has 0 saturated heterocycles. The van der Waals surface area contributed by atoms with Crippen LogP contribution in [0.25, 0.3) is 0 Å². The van der Waals surface area contributed by atoms with Crippen LogP contribution in [0.4, 0.5) is 0 Å². The maximum Gasteiger partial charge on any atom is 0.250 e. The Balaban J connectivity index is 1.73. The summed E-state index contributed by atoms with van der Waals surface area (Å²) >= 11 is 1.59. The summed E-state index contributed by atoms with van der Waals surface area (Å²) in [6, 6.07) is 15.6. The molecule has 1 N–H and O–H groups in total. The third-order valence-corrected chi connectivity index (χ3v) is 4.40. The molecule has 2 rings (SSSR count). The maximum atomic E-state index is 11.8. The highest BCUT2D eigenvalue weighted by atomic mass is 32.2. The molecule has 0 aromatic heterocycles. The van der Waals surface area contributed by atoms with E-state index in [0.29, 0.717) is 17.3 Å². The molecule has 0 unspecified atom stereocenters. The number of hydrogen-bond acceptors (Lipinski definition) is 5. The number of amides is 1. The van der Waals surface area contributed by atoms with Crippen LogP contribution in [0.15, 0.2) is 53.6 Å². The molecule has 0 saturated carbocycles. The molecule has 0 aliphatic heterocycles. The molecule has 6 heteroatoms. The van der Waals surface area contributed by atoms with Gasteiger partial charge >= 0.3 is 0 Å². The monoisotopic (exact) mass is 358 g/mol. The van der Waals surface area contributed by atoms with E-state index in [-0.39, 0.29) is 5.91 Å². The average molecular weight is 358 g/mol. The summed E-state index contributed by atoms with van der Waals surface area (Å²) in [5.41, 5.74) is 4.57. The van der Waals surface area contributed by atoms with Crippen LogP contribution in [0.1, 0.15) is 11.1 Å². The van der Waals surface area contributed by atoms with Gasteiger partial charge in [0.15, 0.2) is 0 Å². The standard InChI is InChI=1S/C19H22N2O3S/c1-23-17-9-8-16(18(12-17)24-2)13-20-21-19(22)14-25-11-10-15-6-4-3-5-7-15/h3-9,12-13H,10-11,14H2,1-2H3,(H,21,22). The van der Waals surface area contributed by atoms with Crippen molar-refractivity contribution in [1.82, 2.24) is 5.43 Å². The molecular weight excluding hydrogens is 336 g/mol.